The molecule has 1 spiro atoms. The molecule has 2 fully saturated rings. The molecular formula is C18H25FN2O4. The lowest BCUT2D eigenvalue weighted by atomic mass is 9.82. The summed E-state index contributed by atoms with van der Waals surface area (Å²) in [4.78, 5) is 14.5. The maximum absolute atomic E-state index is 13.6. The molecule has 7 heteroatoms. The topological polar surface area (TPSA) is 85.0 Å². The zero-order valence-electron chi connectivity index (χ0n) is 14.2. The number of carbonyl (C=O) groups is 1. The summed E-state index contributed by atoms with van der Waals surface area (Å²) < 4.78 is 25.0. The predicted molar refractivity (Wildman–Crippen MR) is 90.0 cm³/mol. The fourth-order valence-electron chi connectivity index (χ4n) is 3.61. The quantitative estimate of drug-likeness (QED) is 0.853. The number of aliphatic hydroxyl groups excluding tert-OH is 1. The smallest absolute Gasteiger partial charge is 0.257 e. The second kappa shape index (κ2) is 7.68. The van der Waals surface area contributed by atoms with Crippen LogP contribution in [0.2, 0.25) is 0 Å². The lowest BCUT2D eigenvalue weighted by molar-refractivity contribution is -0.174. The Kier molecular flexibility index (Phi) is 5.56. The molecule has 1 atom stereocenters. The van der Waals surface area contributed by atoms with Crippen molar-refractivity contribution in [3.05, 3.63) is 29.6 Å². The molecule has 3 rings (SSSR count). The fraction of sp³-hybridized carbons (Fsp3) is 0.611. The molecule has 1 amide bonds. The molecule has 2 heterocycles. The molecule has 0 bridgehead atoms. The molecule has 2 aliphatic heterocycles. The summed E-state index contributed by atoms with van der Waals surface area (Å²) in [6.45, 7) is 2.14. The standard InChI is InChI=1S/C18H25FN2O4/c19-13-3-4-15(24-11-7-20)14(12-13)17(23)21-8-5-18(6-9-21)16(22)2-1-10-25-18/h3-4,12,16,22H,1-2,5-11,20H2/t16-/m1/s1. The van der Waals surface area contributed by atoms with Crippen LogP contribution >= 0.6 is 0 Å². The SMILES string of the molecule is NCCOc1ccc(F)cc1C(=O)N1CCC2(CC1)OCCC[C@H]2O. The molecule has 25 heavy (non-hydrogen) atoms. The van der Waals surface area contributed by atoms with E-state index < -0.39 is 17.5 Å². The Balaban J connectivity index is 1.71. The number of likely N-dealkylation sites (tertiary alicyclic amines) is 1. The maximum Gasteiger partial charge on any atom is 0.257 e. The van der Waals surface area contributed by atoms with Crippen LogP contribution < -0.4 is 10.5 Å². The van der Waals surface area contributed by atoms with Crippen molar-refractivity contribution in [2.24, 2.45) is 5.73 Å². The number of ether oxygens (including phenoxy) is 2. The summed E-state index contributed by atoms with van der Waals surface area (Å²) in [5.74, 6) is -0.416. The lowest BCUT2D eigenvalue weighted by Gasteiger charge is -2.46. The van der Waals surface area contributed by atoms with Crippen molar-refractivity contribution >= 4 is 5.91 Å². The highest BCUT2D eigenvalue weighted by atomic mass is 19.1. The number of aliphatic hydroxyl groups is 1. The van der Waals surface area contributed by atoms with Crippen molar-refractivity contribution < 1.29 is 23.8 Å². The van der Waals surface area contributed by atoms with Crippen molar-refractivity contribution in [3.63, 3.8) is 0 Å². The van der Waals surface area contributed by atoms with Gasteiger partial charge in [0.05, 0.1) is 17.3 Å². The summed E-state index contributed by atoms with van der Waals surface area (Å²) in [5.41, 5.74) is 5.09. The first-order valence-corrected chi connectivity index (χ1v) is 8.79. The van der Waals surface area contributed by atoms with E-state index in [1.807, 2.05) is 0 Å². The van der Waals surface area contributed by atoms with Gasteiger partial charge in [-0.05, 0) is 43.9 Å². The summed E-state index contributed by atoms with van der Waals surface area (Å²) in [6.07, 6.45) is 2.25. The third-order valence-electron chi connectivity index (χ3n) is 5.06. The summed E-state index contributed by atoms with van der Waals surface area (Å²) in [7, 11) is 0. The molecular weight excluding hydrogens is 327 g/mol. The molecule has 2 aliphatic rings. The summed E-state index contributed by atoms with van der Waals surface area (Å²) in [6, 6.07) is 3.92. The monoisotopic (exact) mass is 352 g/mol. The van der Waals surface area contributed by atoms with E-state index in [9.17, 15) is 14.3 Å². The largest absolute Gasteiger partial charge is 0.491 e. The zero-order valence-corrected chi connectivity index (χ0v) is 14.2. The van der Waals surface area contributed by atoms with Crippen molar-refractivity contribution in [2.45, 2.75) is 37.4 Å². The minimum atomic E-state index is -0.546. The van der Waals surface area contributed by atoms with Gasteiger partial charge in [0.25, 0.3) is 5.91 Å². The van der Waals surface area contributed by atoms with E-state index in [0.29, 0.717) is 44.8 Å². The number of rotatable bonds is 4. The second-order valence-corrected chi connectivity index (χ2v) is 6.64. The number of amides is 1. The van der Waals surface area contributed by atoms with Crippen LogP contribution in [-0.2, 0) is 4.74 Å². The number of carbonyl (C=O) groups excluding carboxylic acids is 1. The van der Waals surface area contributed by atoms with Crippen LogP contribution in [0.25, 0.3) is 0 Å². The first-order valence-electron chi connectivity index (χ1n) is 8.79. The van der Waals surface area contributed by atoms with Crippen molar-refractivity contribution in [3.8, 4) is 5.75 Å². The Labute approximate surface area is 146 Å². The highest BCUT2D eigenvalue weighted by Gasteiger charge is 2.44. The Morgan fingerprint density at radius 1 is 1.44 bits per heavy atom. The van der Waals surface area contributed by atoms with Gasteiger partial charge in [0.1, 0.15) is 18.2 Å². The van der Waals surface area contributed by atoms with Crippen LogP contribution in [0.1, 0.15) is 36.0 Å². The lowest BCUT2D eigenvalue weighted by Crippen LogP contribution is -2.56. The van der Waals surface area contributed by atoms with Gasteiger partial charge in [0.15, 0.2) is 0 Å². The van der Waals surface area contributed by atoms with Gasteiger partial charge < -0.3 is 25.2 Å². The van der Waals surface area contributed by atoms with Crippen LogP contribution in [0, 0.1) is 5.82 Å². The van der Waals surface area contributed by atoms with Crippen molar-refractivity contribution in [2.75, 3.05) is 32.8 Å². The van der Waals surface area contributed by atoms with E-state index in [4.69, 9.17) is 15.2 Å². The number of nitrogens with two attached hydrogens (primary N) is 1. The van der Waals surface area contributed by atoms with Crippen LogP contribution in [0.3, 0.4) is 0 Å². The third kappa shape index (κ3) is 3.78. The van der Waals surface area contributed by atoms with Crippen LogP contribution in [0.15, 0.2) is 18.2 Å². The first kappa shape index (κ1) is 18.1. The Bertz CT molecular complexity index is 617. The number of benzene rings is 1. The highest BCUT2D eigenvalue weighted by Crippen LogP contribution is 2.36. The second-order valence-electron chi connectivity index (χ2n) is 6.64. The summed E-state index contributed by atoms with van der Waals surface area (Å²) >= 11 is 0. The van der Waals surface area contributed by atoms with E-state index in [0.717, 1.165) is 12.8 Å². The molecule has 0 radical (unpaired) electrons. The Hall–Kier alpha value is -1.70. The molecule has 138 valence electrons. The Morgan fingerprint density at radius 2 is 2.20 bits per heavy atom. The highest BCUT2D eigenvalue weighted by molar-refractivity contribution is 5.97. The summed E-state index contributed by atoms with van der Waals surface area (Å²) in [5, 5.41) is 10.3. The zero-order chi connectivity index (χ0) is 17.9. The van der Waals surface area contributed by atoms with E-state index in [2.05, 4.69) is 0 Å². The molecule has 0 aliphatic carbocycles. The molecule has 1 aromatic carbocycles. The molecule has 1 aromatic rings. The van der Waals surface area contributed by atoms with Gasteiger partial charge in [0.2, 0.25) is 0 Å². The van der Waals surface area contributed by atoms with Gasteiger partial charge in [-0.25, -0.2) is 4.39 Å². The van der Waals surface area contributed by atoms with Gasteiger partial charge >= 0.3 is 0 Å². The predicted octanol–water partition coefficient (Wildman–Crippen LogP) is 1.31. The van der Waals surface area contributed by atoms with Gasteiger partial charge in [-0.2, -0.15) is 0 Å². The number of hydrogen-bond donors (Lipinski definition) is 2. The third-order valence-corrected chi connectivity index (χ3v) is 5.06. The number of piperidine rings is 1. The number of hydrogen-bond acceptors (Lipinski definition) is 5. The molecule has 3 N–H and O–H groups in total. The minimum absolute atomic E-state index is 0.203. The molecule has 6 nitrogen and oxygen atoms in total. The average Bonchev–Trinajstić information content (AvgIpc) is 2.63. The van der Waals surface area contributed by atoms with Gasteiger partial charge in [-0.15, -0.1) is 0 Å². The number of nitrogens with zero attached hydrogens (tertiary/aromatic N) is 1. The molecule has 0 saturated carbocycles. The Morgan fingerprint density at radius 3 is 2.88 bits per heavy atom. The average molecular weight is 352 g/mol. The van der Waals surface area contributed by atoms with E-state index in [-0.39, 0.29) is 18.1 Å². The van der Waals surface area contributed by atoms with Crippen LogP contribution in [0.5, 0.6) is 5.75 Å². The van der Waals surface area contributed by atoms with Gasteiger partial charge in [-0.3, -0.25) is 4.79 Å². The van der Waals surface area contributed by atoms with E-state index in [1.54, 1.807) is 4.90 Å². The van der Waals surface area contributed by atoms with Crippen molar-refractivity contribution in [1.29, 1.82) is 0 Å². The molecule has 0 unspecified atom stereocenters. The maximum atomic E-state index is 13.6. The van der Waals surface area contributed by atoms with Gasteiger partial charge in [0, 0.05) is 26.2 Å². The van der Waals surface area contributed by atoms with Crippen LogP contribution in [-0.4, -0.2) is 60.5 Å². The van der Waals surface area contributed by atoms with E-state index in [1.165, 1.54) is 18.2 Å². The first-order chi connectivity index (χ1) is 12.1. The molecule has 2 saturated heterocycles. The minimum Gasteiger partial charge on any atom is -0.491 e. The van der Waals surface area contributed by atoms with E-state index >= 15 is 0 Å². The van der Waals surface area contributed by atoms with Crippen LogP contribution in [0.4, 0.5) is 4.39 Å². The van der Waals surface area contributed by atoms with Crippen molar-refractivity contribution in [1.82, 2.24) is 4.90 Å². The normalized spacial score (nSPS) is 22.8. The number of halogens is 1. The molecule has 0 aromatic heterocycles. The van der Waals surface area contributed by atoms with Gasteiger partial charge in [-0.1, -0.05) is 0 Å². The fourth-order valence-corrected chi connectivity index (χ4v) is 3.61.